The van der Waals surface area contributed by atoms with Crippen molar-refractivity contribution in [2.24, 2.45) is 0 Å². The van der Waals surface area contributed by atoms with Crippen LogP contribution in [0, 0.1) is 13.8 Å². The molecule has 0 bridgehead atoms. The molecule has 0 radical (unpaired) electrons. The van der Waals surface area contributed by atoms with E-state index in [1.807, 2.05) is 24.3 Å². The number of pyridine rings is 1. The number of nitrogens with one attached hydrogen (secondary N) is 1. The Morgan fingerprint density at radius 3 is 2.61 bits per heavy atom. The molecule has 2 aromatic carbocycles. The van der Waals surface area contributed by atoms with E-state index in [0.717, 1.165) is 47.9 Å². The van der Waals surface area contributed by atoms with Gasteiger partial charge in [0.1, 0.15) is 0 Å². The lowest BCUT2D eigenvalue weighted by molar-refractivity contribution is 0.610. The molecule has 0 aliphatic rings. The molecule has 0 saturated heterocycles. The number of para-hydroxylation sites is 1. The summed E-state index contributed by atoms with van der Waals surface area (Å²) in [4.78, 5) is 12.9. The largest absolute Gasteiger partial charge is 0.340 e. The van der Waals surface area contributed by atoms with Crippen molar-refractivity contribution in [3.05, 3.63) is 57.7 Å². The van der Waals surface area contributed by atoms with Gasteiger partial charge in [-0.15, -0.1) is 0 Å². The van der Waals surface area contributed by atoms with Crippen LogP contribution in [-0.2, 0) is 6.54 Å². The molecule has 0 spiro atoms. The van der Waals surface area contributed by atoms with Crippen LogP contribution in [-0.4, -0.2) is 17.7 Å². The van der Waals surface area contributed by atoms with E-state index < -0.39 is 0 Å². The molecule has 0 aliphatic heterocycles. The van der Waals surface area contributed by atoms with Crippen molar-refractivity contribution >= 4 is 21.8 Å². The second kappa shape index (κ2) is 6.55. The first-order valence-corrected chi connectivity index (χ1v) is 8.37. The number of fused-ring (bicyclic) bond motifs is 2. The molecule has 3 rings (SSSR count). The van der Waals surface area contributed by atoms with E-state index in [4.69, 9.17) is 0 Å². The van der Waals surface area contributed by atoms with Gasteiger partial charge in [0, 0.05) is 17.3 Å². The summed E-state index contributed by atoms with van der Waals surface area (Å²) in [6.45, 7) is 9.24. The highest BCUT2D eigenvalue weighted by Gasteiger charge is 2.13. The number of benzene rings is 2. The molecule has 0 unspecified atom stereocenters. The fourth-order valence-corrected chi connectivity index (χ4v) is 3.27. The van der Waals surface area contributed by atoms with Crippen molar-refractivity contribution < 1.29 is 0 Å². The van der Waals surface area contributed by atoms with Gasteiger partial charge in [-0.2, -0.15) is 0 Å². The third kappa shape index (κ3) is 2.77. The summed E-state index contributed by atoms with van der Waals surface area (Å²) in [5.41, 5.74) is 4.70. The van der Waals surface area contributed by atoms with Gasteiger partial charge in [0.25, 0.3) is 0 Å². The predicted octanol–water partition coefficient (Wildman–Crippen LogP) is 3.77. The third-order valence-corrected chi connectivity index (χ3v) is 4.64. The first kappa shape index (κ1) is 15.8. The number of aromatic nitrogens is 1. The van der Waals surface area contributed by atoms with Crippen molar-refractivity contribution in [2.75, 3.05) is 13.1 Å². The standard InChI is InChI=1S/C20H24N2O/c1-4-21-12-7-13-22-18-9-6-5-8-16(18)20(23)17-11-10-14(2)15(3)19(17)22/h5-6,8-11,21H,4,7,12-13H2,1-3H3. The molecule has 3 nitrogen and oxygen atoms in total. The Bertz CT molecular complexity index is 909. The zero-order valence-electron chi connectivity index (χ0n) is 14.1. The topological polar surface area (TPSA) is 34.0 Å². The summed E-state index contributed by atoms with van der Waals surface area (Å²) in [5.74, 6) is 0. The van der Waals surface area contributed by atoms with E-state index in [-0.39, 0.29) is 5.43 Å². The smallest absolute Gasteiger partial charge is 0.197 e. The molecular weight excluding hydrogens is 284 g/mol. The molecule has 3 heteroatoms. The Balaban J connectivity index is 2.29. The van der Waals surface area contributed by atoms with Crippen molar-refractivity contribution in [2.45, 2.75) is 33.7 Å². The molecule has 23 heavy (non-hydrogen) atoms. The zero-order valence-corrected chi connectivity index (χ0v) is 14.1. The van der Waals surface area contributed by atoms with Gasteiger partial charge in [0.15, 0.2) is 5.43 Å². The van der Waals surface area contributed by atoms with Gasteiger partial charge in [0.2, 0.25) is 0 Å². The van der Waals surface area contributed by atoms with E-state index in [1.165, 1.54) is 11.1 Å². The van der Waals surface area contributed by atoms with Gasteiger partial charge in [-0.3, -0.25) is 4.79 Å². The molecule has 120 valence electrons. The minimum atomic E-state index is 0.140. The molecule has 1 N–H and O–H groups in total. The quantitative estimate of drug-likeness (QED) is 0.575. The molecule has 1 aromatic heterocycles. The lowest BCUT2D eigenvalue weighted by atomic mass is 10.0. The summed E-state index contributed by atoms with van der Waals surface area (Å²) >= 11 is 0. The monoisotopic (exact) mass is 308 g/mol. The van der Waals surface area contributed by atoms with Crippen LogP contribution in [0.3, 0.4) is 0 Å². The lowest BCUT2D eigenvalue weighted by Crippen LogP contribution is -2.18. The van der Waals surface area contributed by atoms with Crippen LogP contribution in [0.1, 0.15) is 24.5 Å². The van der Waals surface area contributed by atoms with Crippen LogP contribution in [0.2, 0.25) is 0 Å². The van der Waals surface area contributed by atoms with Crippen LogP contribution in [0.5, 0.6) is 0 Å². The minimum Gasteiger partial charge on any atom is -0.340 e. The molecule has 0 amide bonds. The van der Waals surface area contributed by atoms with Crippen molar-refractivity contribution in [3.8, 4) is 0 Å². The second-order valence-electron chi connectivity index (χ2n) is 6.11. The highest BCUT2D eigenvalue weighted by atomic mass is 16.1. The minimum absolute atomic E-state index is 0.140. The van der Waals surface area contributed by atoms with Crippen molar-refractivity contribution in [1.82, 2.24) is 9.88 Å². The Hall–Kier alpha value is -2.13. The van der Waals surface area contributed by atoms with Crippen LogP contribution < -0.4 is 10.7 Å². The van der Waals surface area contributed by atoms with Crippen LogP contribution in [0.25, 0.3) is 21.8 Å². The normalized spacial score (nSPS) is 11.4. The Labute approximate surface area is 136 Å². The molecular formula is C20H24N2O. The summed E-state index contributed by atoms with van der Waals surface area (Å²) in [6.07, 6.45) is 1.04. The first-order valence-electron chi connectivity index (χ1n) is 8.37. The number of nitrogens with zero attached hydrogens (tertiary/aromatic N) is 1. The van der Waals surface area contributed by atoms with Gasteiger partial charge in [-0.1, -0.05) is 25.1 Å². The maximum absolute atomic E-state index is 12.9. The van der Waals surface area contributed by atoms with E-state index in [2.05, 4.69) is 42.8 Å². The maximum atomic E-state index is 12.9. The van der Waals surface area contributed by atoms with Gasteiger partial charge < -0.3 is 9.88 Å². The van der Waals surface area contributed by atoms with Crippen LogP contribution in [0.15, 0.2) is 41.2 Å². The second-order valence-corrected chi connectivity index (χ2v) is 6.11. The average molecular weight is 308 g/mol. The van der Waals surface area contributed by atoms with Crippen molar-refractivity contribution in [3.63, 3.8) is 0 Å². The summed E-state index contributed by atoms with van der Waals surface area (Å²) in [5, 5.41) is 5.02. The molecule has 0 atom stereocenters. The fourth-order valence-electron chi connectivity index (χ4n) is 3.27. The van der Waals surface area contributed by atoms with Gasteiger partial charge in [-0.05, 0) is 62.7 Å². The van der Waals surface area contributed by atoms with Gasteiger partial charge in [0.05, 0.1) is 11.0 Å². The summed E-state index contributed by atoms with van der Waals surface area (Å²) in [7, 11) is 0. The molecule has 0 fully saturated rings. The number of hydrogen-bond donors (Lipinski definition) is 1. The SMILES string of the molecule is CCNCCCn1c2ccccc2c(=O)c2ccc(C)c(C)c21. The van der Waals surface area contributed by atoms with E-state index in [9.17, 15) is 4.79 Å². The highest BCUT2D eigenvalue weighted by molar-refractivity contribution is 5.95. The first-order chi connectivity index (χ1) is 11.1. The Morgan fingerprint density at radius 1 is 1.04 bits per heavy atom. The molecule has 1 heterocycles. The summed E-state index contributed by atoms with van der Waals surface area (Å²) < 4.78 is 2.33. The fraction of sp³-hybridized carbons (Fsp3) is 0.350. The third-order valence-electron chi connectivity index (χ3n) is 4.64. The van der Waals surface area contributed by atoms with E-state index in [1.54, 1.807) is 0 Å². The number of aryl methyl sites for hydroxylation is 3. The predicted molar refractivity (Wildman–Crippen MR) is 98.3 cm³/mol. The number of hydrogen-bond acceptors (Lipinski definition) is 2. The lowest BCUT2D eigenvalue weighted by Gasteiger charge is -2.18. The van der Waals surface area contributed by atoms with E-state index in [0.29, 0.717) is 0 Å². The summed E-state index contributed by atoms with van der Waals surface area (Å²) in [6, 6.07) is 12.0. The zero-order chi connectivity index (χ0) is 16.4. The Kier molecular flexibility index (Phi) is 4.49. The average Bonchev–Trinajstić information content (AvgIpc) is 2.57. The highest BCUT2D eigenvalue weighted by Crippen LogP contribution is 2.24. The molecule has 3 aromatic rings. The van der Waals surface area contributed by atoms with Gasteiger partial charge >= 0.3 is 0 Å². The van der Waals surface area contributed by atoms with Crippen LogP contribution >= 0.6 is 0 Å². The number of rotatable bonds is 5. The molecule has 0 aliphatic carbocycles. The molecule has 0 saturated carbocycles. The van der Waals surface area contributed by atoms with Crippen molar-refractivity contribution in [1.29, 1.82) is 0 Å². The Morgan fingerprint density at radius 2 is 1.83 bits per heavy atom. The van der Waals surface area contributed by atoms with E-state index >= 15 is 0 Å². The maximum Gasteiger partial charge on any atom is 0.197 e. The van der Waals surface area contributed by atoms with Crippen LogP contribution in [0.4, 0.5) is 0 Å². The van der Waals surface area contributed by atoms with Gasteiger partial charge in [-0.25, -0.2) is 0 Å².